The zero-order valence-electron chi connectivity index (χ0n) is 26.6. The van der Waals surface area contributed by atoms with Crippen molar-refractivity contribution in [2.24, 2.45) is 0 Å². The van der Waals surface area contributed by atoms with Gasteiger partial charge in [0.05, 0.1) is 27.6 Å². The van der Waals surface area contributed by atoms with E-state index in [0.717, 1.165) is 52.1 Å². The van der Waals surface area contributed by atoms with E-state index in [4.69, 9.17) is 4.74 Å². The molecule has 45 heavy (non-hydrogen) atoms. The monoisotopic (exact) mass is 655 g/mol. The second-order valence-electron chi connectivity index (χ2n) is 12.7. The fraction of sp³-hybridized carbons (Fsp3) is 0.545. The first-order chi connectivity index (χ1) is 21.5. The number of sulfone groups is 2. The van der Waals surface area contributed by atoms with Gasteiger partial charge in [0.2, 0.25) is 9.84 Å². The highest BCUT2D eigenvalue weighted by atomic mass is 32.2. The number of hydrogen-bond donors (Lipinski definition) is 0. The smallest absolute Gasteiger partial charge is 0.210 e. The van der Waals surface area contributed by atoms with E-state index in [0.29, 0.717) is 54.1 Å². The Balaban J connectivity index is 1.26. The lowest BCUT2D eigenvalue weighted by atomic mass is 9.96. The lowest BCUT2D eigenvalue weighted by molar-refractivity contribution is 0.0495. The zero-order chi connectivity index (χ0) is 31.8. The van der Waals surface area contributed by atoms with Crippen LogP contribution < -0.4 is 9.64 Å². The maximum Gasteiger partial charge on any atom is 0.210 e. The number of likely N-dealkylation sites (N-methyl/N-ethyl adjacent to an activating group) is 1. The van der Waals surface area contributed by atoms with E-state index in [1.807, 2.05) is 6.92 Å². The van der Waals surface area contributed by atoms with Crippen molar-refractivity contribution >= 4 is 36.3 Å². The maximum atomic E-state index is 14.1. The Morgan fingerprint density at radius 2 is 1.36 bits per heavy atom. The molecule has 4 heterocycles. The van der Waals surface area contributed by atoms with Gasteiger partial charge in [-0.3, -0.25) is 9.88 Å². The van der Waals surface area contributed by atoms with E-state index in [1.165, 1.54) is 31.4 Å². The molecular formula is C33H45N5O5S2. The zero-order valence-corrected chi connectivity index (χ0v) is 28.2. The molecule has 0 aliphatic carbocycles. The highest BCUT2D eigenvalue weighted by molar-refractivity contribution is 7.91. The summed E-state index contributed by atoms with van der Waals surface area (Å²) in [7, 11) is -5.29. The molecule has 0 N–H and O–H groups in total. The number of piperidine rings is 2. The standard InChI is InChI=1S/C33H45N5O5S2/c1-4-43-27-5-7-28(8-6-27)45(41,42)32-24-34-31-10-9-29(44(3,39)40)23-30(31)33(32)38-17-13-25(14-18-38)36-15-11-26(12-16-36)37-21-19-35(2)20-22-37/h5-10,23-26H,4,11-22H2,1-3H3. The summed E-state index contributed by atoms with van der Waals surface area (Å²) in [4.78, 5) is 14.7. The Hall–Kier alpha value is -2.77. The number of pyridine rings is 1. The summed E-state index contributed by atoms with van der Waals surface area (Å²) in [6.07, 6.45) is 6.81. The third kappa shape index (κ3) is 6.85. The average molecular weight is 656 g/mol. The van der Waals surface area contributed by atoms with Crippen LogP contribution in [-0.4, -0.2) is 121 Å². The van der Waals surface area contributed by atoms with Crippen LogP contribution in [0.15, 0.2) is 63.3 Å². The molecule has 1 aromatic heterocycles. The number of aromatic nitrogens is 1. The predicted molar refractivity (Wildman–Crippen MR) is 177 cm³/mol. The van der Waals surface area contributed by atoms with Gasteiger partial charge in [-0.15, -0.1) is 0 Å². The lowest BCUT2D eigenvalue weighted by Gasteiger charge is -2.46. The number of likely N-dealkylation sites (tertiary alicyclic amines) is 1. The van der Waals surface area contributed by atoms with Crippen molar-refractivity contribution < 1.29 is 21.6 Å². The third-order valence-corrected chi connectivity index (χ3v) is 12.7. The van der Waals surface area contributed by atoms with Gasteiger partial charge in [0.25, 0.3) is 0 Å². The molecular weight excluding hydrogens is 611 g/mol. The third-order valence-electron chi connectivity index (χ3n) is 9.79. The van der Waals surface area contributed by atoms with Crippen LogP contribution in [0.3, 0.4) is 0 Å². The number of nitrogens with zero attached hydrogens (tertiary/aromatic N) is 5. The largest absolute Gasteiger partial charge is 0.494 e. The normalized spacial score (nSPS) is 20.6. The van der Waals surface area contributed by atoms with E-state index < -0.39 is 19.7 Å². The van der Waals surface area contributed by atoms with E-state index in [-0.39, 0.29) is 14.7 Å². The van der Waals surface area contributed by atoms with Gasteiger partial charge in [-0.1, -0.05) is 0 Å². The minimum absolute atomic E-state index is 0.0938. The van der Waals surface area contributed by atoms with Gasteiger partial charge in [-0.25, -0.2) is 16.8 Å². The van der Waals surface area contributed by atoms with Gasteiger partial charge in [0.15, 0.2) is 9.84 Å². The molecule has 0 unspecified atom stereocenters. The van der Waals surface area contributed by atoms with Crippen LogP contribution in [0.25, 0.3) is 10.9 Å². The van der Waals surface area contributed by atoms with Gasteiger partial charge in [0.1, 0.15) is 10.6 Å². The Kier molecular flexibility index (Phi) is 9.41. The van der Waals surface area contributed by atoms with Gasteiger partial charge >= 0.3 is 0 Å². The summed E-state index contributed by atoms with van der Waals surface area (Å²) >= 11 is 0. The van der Waals surface area contributed by atoms with E-state index >= 15 is 0 Å². The SMILES string of the molecule is CCOc1ccc(S(=O)(=O)c2cnc3ccc(S(C)(=O)=O)cc3c2N2CCC(N3CCC(N4CCN(C)CC4)CC3)CC2)cc1. The van der Waals surface area contributed by atoms with Gasteiger partial charge in [0, 0.05) is 69.2 Å². The number of rotatable bonds is 8. The van der Waals surface area contributed by atoms with Crippen molar-refractivity contribution in [2.45, 2.75) is 59.4 Å². The van der Waals surface area contributed by atoms with Crippen molar-refractivity contribution in [3.05, 3.63) is 48.7 Å². The molecule has 0 radical (unpaired) electrons. The van der Waals surface area contributed by atoms with Crippen LogP contribution in [0.2, 0.25) is 0 Å². The summed E-state index contributed by atoms with van der Waals surface area (Å²) in [5.74, 6) is 0.598. The van der Waals surface area contributed by atoms with Crippen LogP contribution in [0.4, 0.5) is 5.69 Å². The van der Waals surface area contributed by atoms with Crippen molar-refractivity contribution in [3.63, 3.8) is 0 Å². The first-order valence-electron chi connectivity index (χ1n) is 16.1. The summed E-state index contributed by atoms with van der Waals surface area (Å²) in [6, 6.07) is 12.3. The summed E-state index contributed by atoms with van der Waals surface area (Å²) in [5.41, 5.74) is 1.10. The molecule has 6 rings (SSSR count). The van der Waals surface area contributed by atoms with E-state index in [1.54, 1.807) is 36.4 Å². The summed E-state index contributed by atoms with van der Waals surface area (Å²) in [6.45, 7) is 10.5. The van der Waals surface area contributed by atoms with Crippen LogP contribution in [0, 0.1) is 0 Å². The number of anilines is 1. The van der Waals surface area contributed by atoms with Crippen molar-refractivity contribution in [1.29, 1.82) is 0 Å². The molecule has 3 aliphatic rings. The van der Waals surface area contributed by atoms with Crippen LogP contribution in [0.1, 0.15) is 32.6 Å². The summed E-state index contributed by atoms with van der Waals surface area (Å²) < 4.78 is 58.9. The molecule has 244 valence electrons. The highest BCUT2D eigenvalue weighted by Gasteiger charge is 2.34. The molecule has 12 heteroatoms. The Labute approximate surface area is 267 Å². The quantitative estimate of drug-likeness (QED) is 0.358. The number of fused-ring (bicyclic) bond motifs is 1. The number of ether oxygens (including phenoxy) is 1. The van der Waals surface area contributed by atoms with Gasteiger partial charge < -0.3 is 19.4 Å². The van der Waals surface area contributed by atoms with Gasteiger partial charge in [-0.2, -0.15) is 0 Å². The van der Waals surface area contributed by atoms with Crippen molar-refractivity contribution in [2.75, 3.05) is 77.2 Å². The molecule has 3 aliphatic heterocycles. The molecule has 3 aromatic rings. The lowest BCUT2D eigenvalue weighted by Crippen LogP contribution is -2.54. The predicted octanol–water partition coefficient (Wildman–Crippen LogP) is 3.55. The highest BCUT2D eigenvalue weighted by Crippen LogP contribution is 2.39. The first kappa shape index (κ1) is 32.2. The molecule has 10 nitrogen and oxygen atoms in total. The molecule has 3 fully saturated rings. The van der Waals surface area contributed by atoms with Crippen molar-refractivity contribution in [1.82, 2.24) is 19.7 Å². The van der Waals surface area contributed by atoms with E-state index in [9.17, 15) is 16.8 Å². The number of benzene rings is 2. The molecule has 3 saturated heterocycles. The maximum absolute atomic E-state index is 14.1. The molecule has 0 atom stereocenters. The molecule has 2 aromatic carbocycles. The van der Waals surface area contributed by atoms with E-state index in [2.05, 4.69) is 31.6 Å². The Morgan fingerprint density at radius 1 is 0.778 bits per heavy atom. The summed E-state index contributed by atoms with van der Waals surface area (Å²) in [5, 5.41) is 0.538. The molecule has 0 spiro atoms. The number of piperazine rings is 1. The second kappa shape index (κ2) is 13.2. The van der Waals surface area contributed by atoms with Crippen LogP contribution >= 0.6 is 0 Å². The Bertz CT molecular complexity index is 1710. The van der Waals surface area contributed by atoms with Crippen LogP contribution in [-0.2, 0) is 19.7 Å². The molecule has 0 amide bonds. The second-order valence-corrected chi connectivity index (χ2v) is 16.6. The molecule has 0 bridgehead atoms. The van der Waals surface area contributed by atoms with Crippen molar-refractivity contribution in [3.8, 4) is 5.75 Å². The Morgan fingerprint density at radius 3 is 1.96 bits per heavy atom. The fourth-order valence-corrected chi connectivity index (χ4v) is 9.24. The van der Waals surface area contributed by atoms with Gasteiger partial charge in [-0.05, 0) is 95.2 Å². The minimum Gasteiger partial charge on any atom is -0.494 e. The van der Waals surface area contributed by atoms with Crippen LogP contribution in [0.5, 0.6) is 5.75 Å². The molecule has 0 saturated carbocycles. The fourth-order valence-electron chi connectivity index (χ4n) is 7.16. The first-order valence-corrected chi connectivity index (χ1v) is 19.4. The minimum atomic E-state index is -3.97. The topological polar surface area (TPSA) is 103 Å². The average Bonchev–Trinajstić information content (AvgIpc) is 3.04. The number of hydrogen-bond acceptors (Lipinski definition) is 10.